The first kappa shape index (κ1) is 16.8. The Kier molecular flexibility index (Phi) is 7.94. The zero-order valence-electron chi connectivity index (χ0n) is 10.1. The van der Waals surface area contributed by atoms with Crippen LogP contribution >= 0.6 is 0 Å². The van der Waals surface area contributed by atoms with Crippen molar-refractivity contribution in [2.45, 2.75) is 38.5 Å². The van der Waals surface area contributed by atoms with E-state index in [1.807, 2.05) is 12.1 Å². The summed E-state index contributed by atoms with van der Waals surface area (Å²) < 4.78 is 0. The smallest absolute Gasteiger partial charge is 0.702 e. The number of nitrogens with one attached hydrogen (secondary N) is 1. The Morgan fingerprint density at radius 3 is 2.24 bits per heavy atom. The van der Waals surface area contributed by atoms with Gasteiger partial charge in [-0.1, -0.05) is 0 Å². The van der Waals surface area contributed by atoms with Crippen LogP contribution in [0, 0.1) is 28.1 Å². The summed E-state index contributed by atoms with van der Waals surface area (Å²) in [4.78, 5) is 11.9. The number of carbonyl (C=O) groups is 1. The number of rotatable bonds is 4. The predicted molar refractivity (Wildman–Crippen MR) is 58.8 cm³/mol. The standard InChI is InChI=1S/C12H15N3O.K/c13-7-1-4-12(5-2-8-14)6-3-10(15)9-11(12)16;/h9H,1-6H2,(H2,15,16);/q;+1/p-1. The summed E-state index contributed by atoms with van der Waals surface area (Å²) in [6, 6.07) is 4.09. The second-order valence-corrected chi connectivity index (χ2v) is 4.13. The summed E-state index contributed by atoms with van der Waals surface area (Å²) in [5, 5.41) is 17.2. The average Bonchev–Trinajstić information content (AvgIpc) is 2.27. The topological polar surface area (TPSA) is 88.4 Å². The maximum Gasteiger partial charge on any atom is 1.00 e. The van der Waals surface area contributed by atoms with Crippen molar-refractivity contribution < 1.29 is 56.2 Å². The molecule has 0 heterocycles. The first-order valence-electron chi connectivity index (χ1n) is 5.35. The number of hydrogen-bond acceptors (Lipinski definition) is 3. The van der Waals surface area contributed by atoms with Gasteiger partial charge in [0.25, 0.3) is 0 Å². The van der Waals surface area contributed by atoms with Crippen molar-refractivity contribution in [3.05, 3.63) is 17.5 Å². The summed E-state index contributed by atoms with van der Waals surface area (Å²) in [5.74, 6) is -0.0748. The van der Waals surface area contributed by atoms with Crippen molar-refractivity contribution in [1.29, 1.82) is 10.5 Å². The van der Waals surface area contributed by atoms with Crippen LogP contribution in [0.25, 0.3) is 5.73 Å². The maximum absolute atomic E-state index is 11.9. The van der Waals surface area contributed by atoms with Gasteiger partial charge in [0.2, 0.25) is 0 Å². The van der Waals surface area contributed by atoms with Gasteiger partial charge in [-0.15, -0.1) is 0 Å². The number of allylic oxidation sites excluding steroid dienone is 2. The van der Waals surface area contributed by atoms with Crippen LogP contribution in [0.5, 0.6) is 0 Å². The van der Waals surface area contributed by atoms with Crippen LogP contribution in [0.3, 0.4) is 0 Å². The van der Waals surface area contributed by atoms with Gasteiger partial charge >= 0.3 is 51.4 Å². The van der Waals surface area contributed by atoms with Crippen molar-refractivity contribution >= 4 is 5.78 Å². The largest absolute Gasteiger partial charge is 1.00 e. The second kappa shape index (κ2) is 8.02. The molecule has 5 heteroatoms. The molecule has 1 aliphatic carbocycles. The molecule has 1 aliphatic rings. The molecule has 0 bridgehead atoms. The van der Waals surface area contributed by atoms with Gasteiger partial charge in [0.1, 0.15) is 0 Å². The van der Waals surface area contributed by atoms with Crippen molar-refractivity contribution in [1.82, 2.24) is 0 Å². The molecule has 4 nitrogen and oxygen atoms in total. The van der Waals surface area contributed by atoms with E-state index >= 15 is 0 Å². The quantitative estimate of drug-likeness (QED) is 0.656. The fourth-order valence-electron chi connectivity index (χ4n) is 2.09. The molecule has 0 radical (unpaired) electrons. The summed E-state index contributed by atoms with van der Waals surface area (Å²) in [7, 11) is 0. The Bertz CT molecular complexity index is 372. The Hall–Kier alpha value is -0.174. The minimum Gasteiger partial charge on any atom is -0.702 e. The van der Waals surface area contributed by atoms with E-state index in [1.54, 1.807) is 0 Å². The second-order valence-electron chi connectivity index (χ2n) is 4.13. The number of nitrogens with zero attached hydrogens (tertiary/aromatic N) is 2. The zero-order valence-corrected chi connectivity index (χ0v) is 13.2. The molecule has 0 atom stereocenters. The summed E-state index contributed by atoms with van der Waals surface area (Å²) >= 11 is 0. The Morgan fingerprint density at radius 1 is 1.29 bits per heavy atom. The van der Waals surface area contributed by atoms with Gasteiger partial charge in [0.15, 0.2) is 5.78 Å². The van der Waals surface area contributed by atoms with E-state index in [0.29, 0.717) is 44.2 Å². The molecule has 0 aromatic carbocycles. The monoisotopic (exact) mass is 255 g/mol. The molecule has 0 unspecified atom stereocenters. The zero-order chi connectivity index (χ0) is 12.0. The molecule has 0 saturated heterocycles. The molecule has 0 saturated carbocycles. The Balaban J connectivity index is 0.00000256. The Labute approximate surface area is 144 Å². The van der Waals surface area contributed by atoms with E-state index in [2.05, 4.69) is 0 Å². The van der Waals surface area contributed by atoms with Crippen LogP contribution in [0.15, 0.2) is 11.8 Å². The van der Waals surface area contributed by atoms with Gasteiger partial charge in [0.05, 0.1) is 12.1 Å². The molecule has 1 rings (SSSR count). The van der Waals surface area contributed by atoms with Gasteiger partial charge in [-0.25, -0.2) is 0 Å². The minimum absolute atomic E-state index is 0. The molecular formula is C12H14KN3O. The third-order valence-electron chi connectivity index (χ3n) is 3.13. The number of ketones is 1. The van der Waals surface area contributed by atoms with Gasteiger partial charge in [-0.2, -0.15) is 16.2 Å². The predicted octanol–water partition coefficient (Wildman–Crippen LogP) is -0.117. The van der Waals surface area contributed by atoms with E-state index in [9.17, 15) is 4.79 Å². The van der Waals surface area contributed by atoms with Crippen molar-refractivity contribution in [3.8, 4) is 12.1 Å². The van der Waals surface area contributed by atoms with Crippen molar-refractivity contribution in [2.75, 3.05) is 0 Å². The molecule has 0 aromatic heterocycles. The summed E-state index contributed by atoms with van der Waals surface area (Å²) in [6.45, 7) is 0. The van der Waals surface area contributed by atoms with Gasteiger partial charge < -0.3 is 5.73 Å². The fourth-order valence-corrected chi connectivity index (χ4v) is 2.09. The molecule has 0 amide bonds. The number of nitriles is 2. The molecule has 0 aromatic rings. The first-order valence-corrected chi connectivity index (χ1v) is 5.35. The number of hydrogen-bond donors (Lipinski definition) is 0. The van der Waals surface area contributed by atoms with E-state index in [-0.39, 0.29) is 57.2 Å². The van der Waals surface area contributed by atoms with Gasteiger partial charge in [0, 0.05) is 18.3 Å². The van der Waals surface area contributed by atoms with Gasteiger partial charge in [-0.05, 0) is 31.8 Å². The SMILES string of the molecule is N#CCCC1(CCC#N)CCC([NH-])=CC1=O.[K+]. The first-order chi connectivity index (χ1) is 7.64. The molecule has 84 valence electrons. The minimum atomic E-state index is -0.560. The van der Waals surface area contributed by atoms with E-state index in [1.165, 1.54) is 6.08 Å². The molecule has 1 N–H and O–H groups in total. The molecule has 17 heavy (non-hydrogen) atoms. The van der Waals surface area contributed by atoms with Crippen LogP contribution in [0.1, 0.15) is 38.5 Å². The van der Waals surface area contributed by atoms with Gasteiger partial charge in [-0.3, -0.25) is 4.79 Å². The van der Waals surface area contributed by atoms with Crippen LogP contribution in [0.4, 0.5) is 0 Å². The third kappa shape index (κ3) is 4.54. The van der Waals surface area contributed by atoms with E-state index in [0.717, 1.165) is 0 Å². The van der Waals surface area contributed by atoms with Crippen LogP contribution in [0.2, 0.25) is 0 Å². The summed E-state index contributed by atoms with van der Waals surface area (Å²) in [5.41, 5.74) is 7.24. The van der Waals surface area contributed by atoms with E-state index in [4.69, 9.17) is 16.3 Å². The molecular weight excluding hydrogens is 241 g/mol. The molecule has 0 spiro atoms. The van der Waals surface area contributed by atoms with Crippen LogP contribution in [-0.2, 0) is 4.79 Å². The molecule has 0 fully saturated rings. The maximum atomic E-state index is 11.9. The Morgan fingerprint density at radius 2 is 1.82 bits per heavy atom. The third-order valence-corrected chi connectivity index (χ3v) is 3.13. The summed E-state index contributed by atoms with van der Waals surface area (Å²) in [6.07, 6.45) is 4.21. The average molecular weight is 255 g/mol. The van der Waals surface area contributed by atoms with E-state index < -0.39 is 5.41 Å². The van der Waals surface area contributed by atoms with Crippen molar-refractivity contribution in [2.24, 2.45) is 5.41 Å². The van der Waals surface area contributed by atoms with Crippen LogP contribution in [-0.4, -0.2) is 5.78 Å². The normalized spacial score (nSPS) is 17.3. The number of carbonyl (C=O) groups excluding carboxylic acids is 1. The fraction of sp³-hybridized carbons (Fsp3) is 0.583. The van der Waals surface area contributed by atoms with Crippen LogP contribution < -0.4 is 51.4 Å². The molecule has 0 aliphatic heterocycles. The van der Waals surface area contributed by atoms with Crippen molar-refractivity contribution in [3.63, 3.8) is 0 Å².